The molecule has 0 N–H and O–H groups in total. The molecule has 0 saturated heterocycles. The third kappa shape index (κ3) is 4.94. The van der Waals surface area contributed by atoms with Crippen LogP contribution in [0.2, 0.25) is 0 Å². The molecule has 0 bridgehead atoms. The molecule has 2 unspecified atom stereocenters. The minimum atomic E-state index is -1.02. The molecule has 6 nitrogen and oxygen atoms in total. The molecule has 0 heterocycles. The topological polar surface area (TPSA) is 78.9 Å². The zero-order valence-electron chi connectivity index (χ0n) is 15.6. The number of carbonyl (C=O) groups excluding carboxylic acids is 3. The van der Waals surface area contributed by atoms with Crippen molar-refractivity contribution in [3.63, 3.8) is 0 Å². The fourth-order valence-electron chi connectivity index (χ4n) is 3.23. The Morgan fingerprint density at radius 2 is 1.09 bits per heavy atom. The summed E-state index contributed by atoms with van der Waals surface area (Å²) < 4.78 is 14.6. The first-order chi connectivity index (χ1) is 10.4. The minimum absolute atomic E-state index is 0.200. The fraction of sp³-hybridized carbons (Fsp3) is 0.824. The fourth-order valence-corrected chi connectivity index (χ4v) is 3.23. The summed E-state index contributed by atoms with van der Waals surface area (Å²) in [7, 11) is 3.93. The van der Waals surface area contributed by atoms with Crippen LogP contribution in [0.3, 0.4) is 0 Å². The van der Waals surface area contributed by atoms with E-state index in [1.165, 1.54) is 21.3 Å². The van der Waals surface area contributed by atoms with Crippen LogP contribution in [0.4, 0.5) is 0 Å². The van der Waals surface area contributed by atoms with Crippen LogP contribution in [0.1, 0.15) is 53.9 Å². The smallest absolute Gasteiger partial charge is 0.311 e. The van der Waals surface area contributed by atoms with Crippen LogP contribution < -0.4 is 0 Å². The van der Waals surface area contributed by atoms with Crippen molar-refractivity contribution >= 4 is 17.9 Å². The van der Waals surface area contributed by atoms with Gasteiger partial charge in [0.2, 0.25) is 0 Å². The van der Waals surface area contributed by atoms with E-state index >= 15 is 0 Å². The molecule has 0 spiro atoms. The lowest BCUT2D eigenvalue weighted by Crippen LogP contribution is -2.43. The van der Waals surface area contributed by atoms with Gasteiger partial charge >= 0.3 is 17.9 Å². The molecular formula is C17H30O6. The van der Waals surface area contributed by atoms with Gasteiger partial charge in [0.05, 0.1) is 37.6 Å². The Hall–Kier alpha value is -1.59. The summed E-state index contributed by atoms with van der Waals surface area (Å²) in [5.41, 5.74) is -2.75. The Morgan fingerprint density at radius 3 is 1.43 bits per heavy atom. The van der Waals surface area contributed by atoms with Crippen molar-refractivity contribution in [2.75, 3.05) is 21.3 Å². The van der Waals surface area contributed by atoms with Crippen LogP contribution in [0.25, 0.3) is 0 Å². The second-order valence-electron chi connectivity index (χ2n) is 7.19. The Bertz CT molecular complexity index is 456. The summed E-state index contributed by atoms with van der Waals surface area (Å²) in [5.74, 6) is -1.26. The maximum absolute atomic E-state index is 12.4. The van der Waals surface area contributed by atoms with Crippen LogP contribution in [-0.2, 0) is 28.6 Å². The second kappa shape index (κ2) is 7.79. The van der Waals surface area contributed by atoms with E-state index in [0.717, 1.165) is 0 Å². The number of esters is 3. The van der Waals surface area contributed by atoms with Crippen molar-refractivity contribution in [1.29, 1.82) is 0 Å². The molecule has 0 aromatic carbocycles. The van der Waals surface area contributed by atoms with Crippen molar-refractivity contribution in [3.8, 4) is 0 Å². The zero-order chi connectivity index (χ0) is 18.5. The quantitative estimate of drug-likeness (QED) is 0.503. The number of carbonyl (C=O) groups is 3. The molecule has 0 aliphatic carbocycles. The lowest BCUT2D eigenvalue weighted by molar-refractivity contribution is -0.165. The molecule has 0 radical (unpaired) electrons. The highest BCUT2D eigenvalue weighted by Crippen LogP contribution is 2.45. The van der Waals surface area contributed by atoms with Gasteiger partial charge in [-0.3, -0.25) is 14.4 Å². The van der Waals surface area contributed by atoms with E-state index in [4.69, 9.17) is 14.2 Å². The van der Waals surface area contributed by atoms with Crippen LogP contribution in [0, 0.1) is 16.2 Å². The highest BCUT2D eigenvalue weighted by atomic mass is 16.5. The molecule has 0 rings (SSSR count). The van der Waals surface area contributed by atoms with Crippen molar-refractivity contribution in [3.05, 3.63) is 0 Å². The van der Waals surface area contributed by atoms with Gasteiger partial charge < -0.3 is 14.2 Å². The molecule has 0 aliphatic rings. The van der Waals surface area contributed by atoms with E-state index in [1.54, 1.807) is 27.7 Å². The number of hydrogen-bond donors (Lipinski definition) is 0. The summed E-state index contributed by atoms with van der Waals surface area (Å²) >= 11 is 0. The van der Waals surface area contributed by atoms with Gasteiger partial charge in [0.25, 0.3) is 0 Å². The predicted molar refractivity (Wildman–Crippen MR) is 85.6 cm³/mol. The highest BCUT2D eigenvalue weighted by molar-refractivity contribution is 5.82. The van der Waals surface area contributed by atoms with Crippen molar-refractivity contribution in [2.45, 2.75) is 53.9 Å². The lowest BCUT2D eigenvalue weighted by Gasteiger charge is -2.39. The van der Waals surface area contributed by atoms with Crippen LogP contribution in [0.15, 0.2) is 0 Å². The van der Waals surface area contributed by atoms with Gasteiger partial charge in [-0.15, -0.1) is 0 Å². The van der Waals surface area contributed by atoms with E-state index in [-0.39, 0.29) is 18.8 Å². The number of hydrogen-bond acceptors (Lipinski definition) is 6. The van der Waals surface area contributed by atoms with Gasteiger partial charge in [-0.1, -0.05) is 6.92 Å². The lowest BCUT2D eigenvalue weighted by atomic mass is 9.65. The molecule has 6 heteroatoms. The first-order valence-corrected chi connectivity index (χ1v) is 7.67. The zero-order valence-corrected chi connectivity index (χ0v) is 15.6. The van der Waals surface area contributed by atoms with Gasteiger partial charge in [-0.25, -0.2) is 0 Å². The van der Waals surface area contributed by atoms with Gasteiger partial charge in [-0.2, -0.15) is 0 Å². The molecule has 2 atom stereocenters. The molecule has 0 saturated carbocycles. The van der Waals surface area contributed by atoms with Crippen molar-refractivity contribution in [2.24, 2.45) is 16.2 Å². The maximum atomic E-state index is 12.4. The Morgan fingerprint density at radius 1 is 0.696 bits per heavy atom. The molecule has 134 valence electrons. The largest absolute Gasteiger partial charge is 0.469 e. The number of rotatable bonds is 8. The van der Waals surface area contributed by atoms with Gasteiger partial charge in [0.15, 0.2) is 0 Å². The molecule has 0 amide bonds. The summed E-state index contributed by atoms with van der Waals surface area (Å²) in [6, 6.07) is 0. The van der Waals surface area contributed by atoms with Crippen LogP contribution in [-0.4, -0.2) is 39.2 Å². The highest BCUT2D eigenvalue weighted by Gasteiger charge is 2.49. The summed E-state index contributed by atoms with van der Waals surface area (Å²) in [5, 5.41) is 0. The standard InChI is InChI=1S/C17H30O6/c1-9-16(4,13(19)22-7)11-17(5,14(20)23-8)10-15(2,3)12(18)21-6/h9-11H2,1-8H3. The normalized spacial score (nSPS) is 16.7. The Balaban J connectivity index is 5.72. The van der Waals surface area contributed by atoms with E-state index < -0.39 is 28.2 Å². The molecule has 0 aliphatic heterocycles. The van der Waals surface area contributed by atoms with E-state index in [2.05, 4.69) is 0 Å². The molecule has 0 aromatic rings. The summed E-state index contributed by atoms with van der Waals surface area (Å²) in [6.07, 6.45) is 0.924. The monoisotopic (exact) mass is 330 g/mol. The van der Waals surface area contributed by atoms with Gasteiger partial charge in [0, 0.05) is 0 Å². The van der Waals surface area contributed by atoms with Crippen molar-refractivity contribution < 1.29 is 28.6 Å². The van der Waals surface area contributed by atoms with E-state index in [9.17, 15) is 14.4 Å². The first kappa shape index (κ1) is 21.4. The molecule has 0 aromatic heterocycles. The molecular weight excluding hydrogens is 300 g/mol. The number of methoxy groups -OCH3 is 3. The summed E-state index contributed by atoms with van der Waals surface area (Å²) in [6.45, 7) is 8.74. The molecule has 23 heavy (non-hydrogen) atoms. The van der Waals surface area contributed by atoms with Gasteiger partial charge in [-0.05, 0) is 47.0 Å². The number of ether oxygens (including phenoxy) is 3. The molecule has 0 fully saturated rings. The summed E-state index contributed by atoms with van der Waals surface area (Å²) in [4.78, 5) is 36.5. The second-order valence-corrected chi connectivity index (χ2v) is 7.19. The van der Waals surface area contributed by atoms with E-state index in [1.807, 2.05) is 6.92 Å². The average molecular weight is 330 g/mol. The first-order valence-electron chi connectivity index (χ1n) is 7.67. The SMILES string of the molecule is CCC(C)(CC(C)(CC(C)(C)C(=O)OC)C(=O)OC)C(=O)OC. The Labute approximate surface area is 138 Å². The minimum Gasteiger partial charge on any atom is -0.469 e. The van der Waals surface area contributed by atoms with Crippen LogP contribution >= 0.6 is 0 Å². The van der Waals surface area contributed by atoms with Gasteiger partial charge in [0.1, 0.15) is 0 Å². The van der Waals surface area contributed by atoms with Crippen LogP contribution in [0.5, 0.6) is 0 Å². The average Bonchev–Trinajstić information content (AvgIpc) is 2.51. The maximum Gasteiger partial charge on any atom is 0.311 e. The van der Waals surface area contributed by atoms with E-state index in [0.29, 0.717) is 6.42 Å². The van der Waals surface area contributed by atoms with Crippen molar-refractivity contribution in [1.82, 2.24) is 0 Å². The predicted octanol–water partition coefficient (Wildman–Crippen LogP) is 2.73. The Kier molecular flexibility index (Phi) is 7.26. The third-order valence-corrected chi connectivity index (χ3v) is 4.49. The third-order valence-electron chi connectivity index (χ3n) is 4.49.